The van der Waals surface area contributed by atoms with Gasteiger partial charge in [-0.15, -0.1) is 24.0 Å². The van der Waals surface area contributed by atoms with Gasteiger partial charge in [0, 0.05) is 43.1 Å². The van der Waals surface area contributed by atoms with E-state index in [0.717, 1.165) is 18.6 Å². The molecule has 2 aliphatic carbocycles. The number of ether oxygens (including phenoxy) is 2. The van der Waals surface area contributed by atoms with E-state index in [1.807, 2.05) is 13.0 Å². The largest absolute Gasteiger partial charge is 0.434 e. The van der Waals surface area contributed by atoms with Crippen molar-refractivity contribution in [2.75, 3.05) is 13.7 Å². The van der Waals surface area contributed by atoms with Crippen molar-refractivity contribution in [3.05, 3.63) is 29.3 Å². The van der Waals surface area contributed by atoms with Gasteiger partial charge in [0.1, 0.15) is 5.75 Å². The van der Waals surface area contributed by atoms with Crippen molar-refractivity contribution >= 4 is 29.9 Å². The number of hydrogen-bond acceptors (Lipinski definition) is 3. The maximum absolute atomic E-state index is 12.7. The summed E-state index contributed by atoms with van der Waals surface area (Å²) in [6.45, 7) is 0.309. The number of benzene rings is 1. The van der Waals surface area contributed by atoms with Crippen LogP contribution in [0.5, 0.6) is 5.75 Å². The molecule has 4 rings (SSSR count). The zero-order valence-electron chi connectivity index (χ0n) is 16.9. The topological polar surface area (TPSA) is 54.9 Å². The second-order valence-corrected chi connectivity index (χ2v) is 8.22. The standard InChI is InChI=1S/C21H29F2N3O2.HI/c1-13-5-6-16(28-19(22)23)14(11-13)12-25-20(24-2)26-17-15-7-10-27-18(15)21(17)8-3-4-9-21;/h5-6,11,15,17-19H,3-4,7-10,12H2,1-2H3,(H2,24,25,26);1H. The first-order valence-corrected chi connectivity index (χ1v) is 10.2. The number of alkyl halides is 2. The zero-order chi connectivity index (χ0) is 19.7. The van der Waals surface area contributed by atoms with Gasteiger partial charge < -0.3 is 20.1 Å². The summed E-state index contributed by atoms with van der Waals surface area (Å²) >= 11 is 0. The van der Waals surface area contributed by atoms with Crippen LogP contribution >= 0.6 is 24.0 Å². The molecule has 8 heteroatoms. The number of hydrogen-bond donors (Lipinski definition) is 2. The van der Waals surface area contributed by atoms with Gasteiger partial charge in [-0.2, -0.15) is 8.78 Å². The van der Waals surface area contributed by atoms with Crippen molar-refractivity contribution in [3.8, 4) is 5.75 Å². The Morgan fingerprint density at radius 2 is 2.10 bits per heavy atom. The van der Waals surface area contributed by atoms with Crippen LogP contribution < -0.4 is 15.4 Å². The molecule has 3 atom stereocenters. The van der Waals surface area contributed by atoms with Gasteiger partial charge >= 0.3 is 6.61 Å². The van der Waals surface area contributed by atoms with E-state index >= 15 is 0 Å². The fourth-order valence-corrected chi connectivity index (χ4v) is 5.48. The van der Waals surface area contributed by atoms with Gasteiger partial charge in [0.15, 0.2) is 5.96 Å². The van der Waals surface area contributed by atoms with Crippen LogP contribution in [0.15, 0.2) is 23.2 Å². The summed E-state index contributed by atoms with van der Waals surface area (Å²) in [7, 11) is 1.74. The number of aryl methyl sites for hydroxylation is 1. The van der Waals surface area contributed by atoms with Crippen molar-refractivity contribution in [1.82, 2.24) is 10.6 Å². The van der Waals surface area contributed by atoms with E-state index in [1.54, 1.807) is 19.2 Å². The molecule has 3 fully saturated rings. The first kappa shape index (κ1) is 22.5. The Labute approximate surface area is 188 Å². The molecule has 0 radical (unpaired) electrons. The summed E-state index contributed by atoms with van der Waals surface area (Å²) in [6, 6.07) is 5.59. The summed E-state index contributed by atoms with van der Waals surface area (Å²) in [4.78, 5) is 4.37. The molecule has 1 aliphatic heterocycles. The van der Waals surface area contributed by atoms with Gasteiger partial charge in [0.05, 0.1) is 6.10 Å². The zero-order valence-corrected chi connectivity index (χ0v) is 19.2. The normalized spacial score (nSPS) is 27.3. The first-order valence-electron chi connectivity index (χ1n) is 10.2. The Balaban J connectivity index is 0.00000240. The average Bonchev–Trinajstić information content (AvgIpc) is 3.32. The molecule has 1 saturated heterocycles. The molecule has 162 valence electrons. The number of aliphatic imine (C=N–C) groups is 1. The minimum Gasteiger partial charge on any atom is -0.434 e. The summed E-state index contributed by atoms with van der Waals surface area (Å²) in [6.07, 6.45) is 6.39. The molecular formula is C21H30F2IN3O2. The summed E-state index contributed by atoms with van der Waals surface area (Å²) in [5.74, 6) is 1.43. The number of fused-ring (bicyclic) bond motifs is 2. The number of guanidine groups is 1. The van der Waals surface area contributed by atoms with Crippen molar-refractivity contribution in [1.29, 1.82) is 0 Å². The molecule has 1 spiro atoms. The monoisotopic (exact) mass is 521 g/mol. The lowest BCUT2D eigenvalue weighted by Gasteiger charge is -2.57. The smallest absolute Gasteiger partial charge is 0.387 e. The fraction of sp³-hybridized carbons (Fsp3) is 0.667. The van der Waals surface area contributed by atoms with Crippen molar-refractivity contribution in [2.24, 2.45) is 16.3 Å². The molecule has 3 unspecified atom stereocenters. The predicted octanol–water partition coefficient (Wildman–Crippen LogP) is 4.23. The number of halogens is 3. The number of nitrogens with one attached hydrogen (secondary N) is 2. The van der Waals surface area contributed by atoms with Crippen LogP contribution in [0.2, 0.25) is 0 Å². The molecule has 5 nitrogen and oxygen atoms in total. The second kappa shape index (κ2) is 9.32. The van der Waals surface area contributed by atoms with Crippen LogP contribution in [-0.4, -0.2) is 38.4 Å². The minimum atomic E-state index is -2.84. The Kier molecular flexibility index (Phi) is 7.24. The molecule has 2 N–H and O–H groups in total. The molecule has 1 aromatic carbocycles. The van der Waals surface area contributed by atoms with E-state index < -0.39 is 6.61 Å². The van der Waals surface area contributed by atoms with E-state index in [-0.39, 0.29) is 35.1 Å². The number of nitrogens with zero attached hydrogens (tertiary/aromatic N) is 1. The molecule has 3 aliphatic rings. The predicted molar refractivity (Wildman–Crippen MR) is 119 cm³/mol. The van der Waals surface area contributed by atoms with E-state index in [4.69, 9.17) is 4.74 Å². The first-order chi connectivity index (χ1) is 13.5. The van der Waals surface area contributed by atoms with E-state index in [2.05, 4.69) is 20.4 Å². The van der Waals surface area contributed by atoms with Gasteiger partial charge in [-0.3, -0.25) is 4.99 Å². The van der Waals surface area contributed by atoms with E-state index in [1.165, 1.54) is 25.7 Å². The van der Waals surface area contributed by atoms with Gasteiger partial charge in [0.2, 0.25) is 0 Å². The summed E-state index contributed by atoms with van der Waals surface area (Å²) in [5, 5.41) is 6.91. The maximum Gasteiger partial charge on any atom is 0.387 e. The summed E-state index contributed by atoms with van der Waals surface area (Å²) in [5.41, 5.74) is 1.91. The highest BCUT2D eigenvalue weighted by Crippen LogP contribution is 2.60. The van der Waals surface area contributed by atoms with Gasteiger partial charge in [-0.05, 0) is 32.3 Å². The highest BCUT2D eigenvalue weighted by Gasteiger charge is 2.65. The quantitative estimate of drug-likeness (QED) is 0.346. The molecule has 0 amide bonds. The van der Waals surface area contributed by atoms with Gasteiger partial charge in [-0.25, -0.2) is 0 Å². The number of rotatable bonds is 5. The fourth-order valence-electron chi connectivity index (χ4n) is 5.48. The molecule has 2 saturated carbocycles. The second-order valence-electron chi connectivity index (χ2n) is 8.22. The van der Waals surface area contributed by atoms with Crippen molar-refractivity contribution in [3.63, 3.8) is 0 Å². The van der Waals surface area contributed by atoms with Crippen LogP contribution in [0.3, 0.4) is 0 Å². The van der Waals surface area contributed by atoms with Crippen molar-refractivity contribution in [2.45, 2.75) is 64.3 Å². The molecule has 0 aromatic heterocycles. The Morgan fingerprint density at radius 1 is 1.34 bits per heavy atom. The average molecular weight is 521 g/mol. The van der Waals surface area contributed by atoms with Crippen LogP contribution in [-0.2, 0) is 11.3 Å². The van der Waals surface area contributed by atoms with Crippen LogP contribution in [0, 0.1) is 18.3 Å². The lowest BCUT2D eigenvalue weighted by Crippen LogP contribution is -2.69. The van der Waals surface area contributed by atoms with E-state index in [0.29, 0.717) is 36.1 Å². The minimum absolute atomic E-state index is 0. The van der Waals surface area contributed by atoms with E-state index in [9.17, 15) is 8.78 Å². The SMILES string of the molecule is CN=C(NCc1cc(C)ccc1OC(F)F)NC1C2CCOC2C12CCCC2.I. The highest BCUT2D eigenvalue weighted by atomic mass is 127. The van der Waals surface area contributed by atoms with Crippen molar-refractivity contribution < 1.29 is 18.3 Å². The molecule has 0 bridgehead atoms. The lowest BCUT2D eigenvalue weighted by atomic mass is 9.54. The molecule has 29 heavy (non-hydrogen) atoms. The Bertz CT molecular complexity index is 741. The van der Waals surface area contributed by atoms with Crippen LogP contribution in [0.25, 0.3) is 0 Å². The highest BCUT2D eigenvalue weighted by molar-refractivity contribution is 14.0. The molecular weight excluding hydrogens is 491 g/mol. The molecule has 1 aromatic rings. The van der Waals surface area contributed by atoms with Gasteiger partial charge in [0.25, 0.3) is 0 Å². The van der Waals surface area contributed by atoms with Gasteiger partial charge in [-0.1, -0.05) is 30.5 Å². The van der Waals surface area contributed by atoms with Crippen LogP contribution in [0.1, 0.15) is 43.2 Å². The van der Waals surface area contributed by atoms with Crippen LogP contribution in [0.4, 0.5) is 8.78 Å². The Hall–Kier alpha value is -1.16. The third kappa shape index (κ3) is 4.33. The third-order valence-corrected chi connectivity index (χ3v) is 6.68. The lowest BCUT2D eigenvalue weighted by molar-refractivity contribution is -0.125. The Morgan fingerprint density at radius 3 is 2.79 bits per heavy atom. The third-order valence-electron chi connectivity index (χ3n) is 6.68. The summed E-state index contributed by atoms with van der Waals surface area (Å²) < 4.78 is 36.1. The maximum atomic E-state index is 12.7. The molecule has 1 heterocycles.